The van der Waals surface area contributed by atoms with Gasteiger partial charge in [0.25, 0.3) is 5.91 Å². The zero-order chi connectivity index (χ0) is 14.7. The zero-order valence-electron chi connectivity index (χ0n) is 11.3. The van der Waals surface area contributed by atoms with E-state index in [0.29, 0.717) is 17.1 Å². The average Bonchev–Trinajstić information content (AvgIpc) is 2.78. The largest absolute Gasteiger partial charge is 0.507 e. The first-order chi connectivity index (χ1) is 9.55. The summed E-state index contributed by atoms with van der Waals surface area (Å²) in [4.78, 5) is 12.1. The van der Waals surface area contributed by atoms with Crippen molar-refractivity contribution in [1.82, 2.24) is 9.78 Å². The minimum Gasteiger partial charge on any atom is -0.507 e. The lowest BCUT2D eigenvalue weighted by Crippen LogP contribution is -2.14. The predicted molar refractivity (Wildman–Crippen MR) is 73.7 cm³/mol. The molecule has 0 aliphatic heterocycles. The van der Waals surface area contributed by atoms with E-state index in [0.717, 1.165) is 0 Å². The molecule has 0 radical (unpaired) electrons. The Kier molecular flexibility index (Phi) is 3.90. The van der Waals surface area contributed by atoms with Gasteiger partial charge in [0.1, 0.15) is 11.5 Å². The smallest absolute Gasteiger partial charge is 0.260 e. The fourth-order valence-electron chi connectivity index (χ4n) is 1.80. The number of aromatic hydroxyl groups is 1. The SMILES string of the molecule is COc1ccc(C(=O)Nc2nn(C)cc2CN)c(O)c1. The van der Waals surface area contributed by atoms with E-state index in [4.69, 9.17) is 10.5 Å². The van der Waals surface area contributed by atoms with Crippen molar-refractivity contribution in [2.24, 2.45) is 12.8 Å². The number of carbonyl (C=O) groups excluding carboxylic acids is 1. The molecule has 20 heavy (non-hydrogen) atoms. The minimum atomic E-state index is -0.460. The number of nitrogens with two attached hydrogens (primary N) is 1. The van der Waals surface area contributed by atoms with Crippen LogP contribution in [0.25, 0.3) is 0 Å². The lowest BCUT2D eigenvalue weighted by atomic mass is 10.1. The lowest BCUT2D eigenvalue weighted by Gasteiger charge is -2.07. The van der Waals surface area contributed by atoms with E-state index < -0.39 is 5.91 Å². The molecule has 7 heteroatoms. The number of anilines is 1. The number of methoxy groups -OCH3 is 1. The third-order valence-electron chi connectivity index (χ3n) is 2.81. The summed E-state index contributed by atoms with van der Waals surface area (Å²) in [7, 11) is 3.22. The highest BCUT2D eigenvalue weighted by molar-refractivity contribution is 6.06. The summed E-state index contributed by atoms with van der Waals surface area (Å²) < 4.78 is 6.53. The van der Waals surface area contributed by atoms with Crippen molar-refractivity contribution in [3.8, 4) is 11.5 Å². The first-order valence-electron chi connectivity index (χ1n) is 5.96. The second-order valence-electron chi connectivity index (χ2n) is 4.22. The van der Waals surface area contributed by atoms with Gasteiger partial charge in [0.2, 0.25) is 0 Å². The van der Waals surface area contributed by atoms with E-state index in [-0.39, 0.29) is 17.9 Å². The van der Waals surface area contributed by atoms with Crippen LogP contribution in [0.3, 0.4) is 0 Å². The molecule has 0 aliphatic carbocycles. The summed E-state index contributed by atoms with van der Waals surface area (Å²) in [5.74, 6) is 0.236. The van der Waals surface area contributed by atoms with Crippen molar-refractivity contribution in [3.63, 3.8) is 0 Å². The monoisotopic (exact) mass is 276 g/mol. The molecule has 1 amide bonds. The summed E-state index contributed by atoms with van der Waals surface area (Å²) in [6.07, 6.45) is 1.73. The van der Waals surface area contributed by atoms with E-state index in [1.54, 1.807) is 24.0 Å². The molecule has 1 aromatic heterocycles. The van der Waals surface area contributed by atoms with Crippen molar-refractivity contribution in [3.05, 3.63) is 35.5 Å². The number of rotatable bonds is 4. The summed E-state index contributed by atoms with van der Waals surface area (Å²) in [6.45, 7) is 0.262. The third-order valence-corrected chi connectivity index (χ3v) is 2.81. The van der Waals surface area contributed by atoms with Crippen LogP contribution in [0, 0.1) is 0 Å². The summed E-state index contributed by atoms with van der Waals surface area (Å²) >= 11 is 0. The summed E-state index contributed by atoms with van der Waals surface area (Å²) in [5.41, 5.74) is 6.43. The number of aryl methyl sites for hydroxylation is 1. The molecular weight excluding hydrogens is 260 g/mol. The maximum absolute atomic E-state index is 12.1. The maximum atomic E-state index is 12.1. The van der Waals surface area contributed by atoms with Crippen LogP contribution in [0.5, 0.6) is 11.5 Å². The second kappa shape index (κ2) is 5.62. The molecule has 0 atom stereocenters. The minimum absolute atomic E-state index is 0.138. The number of ether oxygens (including phenoxy) is 1. The van der Waals surface area contributed by atoms with Crippen LogP contribution >= 0.6 is 0 Å². The zero-order valence-corrected chi connectivity index (χ0v) is 11.3. The van der Waals surface area contributed by atoms with Gasteiger partial charge in [-0.3, -0.25) is 9.48 Å². The van der Waals surface area contributed by atoms with Gasteiger partial charge in [-0.05, 0) is 12.1 Å². The van der Waals surface area contributed by atoms with E-state index in [1.807, 2.05) is 0 Å². The van der Waals surface area contributed by atoms with Crippen molar-refractivity contribution in [1.29, 1.82) is 0 Å². The number of benzene rings is 1. The molecule has 0 aliphatic rings. The molecule has 2 aromatic rings. The molecule has 7 nitrogen and oxygen atoms in total. The molecule has 1 heterocycles. The van der Waals surface area contributed by atoms with Gasteiger partial charge in [-0.15, -0.1) is 0 Å². The Morgan fingerprint density at radius 1 is 1.55 bits per heavy atom. The van der Waals surface area contributed by atoms with Gasteiger partial charge >= 0.3 is 0 Å². The Hall–Kier alpha value is -2.54. The number of nitrogens with zero attached hydrogens (tertiary/aromatic N) is 2. The van der Waals surface area contributed by atoms with Crippen LogP contribution in [-0.2, 0) is 13.6 Å². The Morgan fingerprint density at radius 2 is 2.30 bits per heavy atom. The number of hydrogen-bond acceptors (Lipinski definition) is 5. The molecule has 1 aromatic carbocycles. The van der Waals surface area contributed by atoms with Crippen LogP contribution in [0.4, 0.5) is 5.82 Å². The van der Waals surface area contributed by atoms with Gasteiger partial charge in [-0.1, -0.05) is 0 Å². The number of nitrogens with one attached hydrogen (secondary N) is 1. The Labute approximate surface area is 116 Å². The Bertz CT molecular complexity index is 637. The van der Waals surface area contributed by atoms with E-state index in [1.165, 1.54) is 19.2 Å². The summed E-state index contributed by atoms with van der Waals surface area (Å²) in [5, 5.41) is 16.5. The average molecular weight is 276 g/mol. The fraction of sp³-hybridized carbons (Fsp3) is 0.231. The van der Waals surface area contributed by atoms with Gasteiger partial charge < -0.3 is 20.9 Å². The highest BCUT2D eigenvalue weighted by Gasteiger charge is 2.15. The Morgan fingerprint density at radius 3 is 2.90 bits per heavy atom. The van der Waals surface area contributed by atoms with Gasteiger partial charge in [0, 0.05) is 31.4 Å². The van der Waals surface area contributed by atoms with Crippen LogP contribution < -0.4 is 15.8 Å². The molecular formula is C13H16N4O3. The molecule has 0 saturated heterocycles. The molecule has 0 saturated carbocycles. The quantitative estimate of drug-likeness (QED) is 0.768. The first-order valence-corrected chi connectivity index (χ1v) is 5.96. The number of aromatic nitrogens is 2. The van der Waals surface area contributed by atoms with Gasteiger partial charge in [-0.2, -0.15) is 5.10 Å². The molecule has 0 fully saturated rings. The van der Waals surface area contributed by atoms with Crippen molar-refractivity contribution in [2.75, 3.05) is 12.4 Å². The number of phenolic OH excluding ortho intramolecular Hbond substituents is 1. The van der Waals surface area contributed by atoms with Crippen molar-refractivity contribution < 1.29 is 14.6 Å². The topological polar surface area (TPSA) is 102 Å². The molecule has 2 rings (SSSR count). The van der Waals surface area contributed by atoms with Gasteiger partial charge in [0.15, 0.2) is 5.82 Å². The molecule has 0 unspecified atom stereocenters. The van der Waals surface area contributed by atoms with Crippen LogP contribution in [0.1, 0.15) is 15.9 Å². The van der Waals surface area contributed by atoms with Gasteiger partial charge in [-0.25, -0.2) is 0 Å². The molecule has 0 bridgehead atoms. The number of amides is 1. The van der Waals surface area contributed by atoms with E-state index in [9.17, 15) is 9.90 Å². The molecule has 0 spiro atoms. The highest BCUT2D eigenvalue weighted by Crippen LogP contribution is 2.24. The number of carbonyl (C=O) groups is 1. The maximum Gasteiger partial charge on any atom is 0.260 e. The first kappa shape index (κ1) is 13.9. The van der Waals surface area contributed by atoms with E-state index >= 15 is 0 Å². The second-order valence-corrected chi connectivity index (χ2v) is 4.22. The number of phenols is 1. The summed E-state index contributed by atoms with van der Waals surface area (Å²) in [6, 6.07) is 4.45. The normalized spacial score (nSPS) is 10.3. The van der Waals surface area contributed by atoms with Crippen molar-refractivity contribution in [2.45, 2.75) is 6.54 Å². The van der Waals surface area contributed by atoms with Crippen molar-refractivity contribution >= 4 is 11.7 Å². The van der Waals surface area contributed by atoms with Crippen LogP contribution in [0.2, 0.25) is 0 Å². The standard InChI is InChI=1S/C13H16N4O3/c1-17-7-8(6-14)12(16-17)15-13(19)10-4-3-9(20-2)5-11(10)18/h3-5,7,18H,6,14H2,1-2H3,(H,15,16,19). The fourth-order valence-corrected chi connectivity index (χ4v) is 1.80. The molecule has 4 N–H and O–H groups in total. The lowest BCUT2D eigenvalue weighted by molar-refractivity contribution is 0.102. The third kappa shape index (κ3) is 2.72. The Balaban J connectivity index is 2.23. The van der Waals surface area contributed by atoms with Crippen LogP contribution in [-0.4, -0.2) is 27.9 Å². The van der Waals surface area contributed by atoms with Gasteiger partial charge in [0.05, 0.1) is 12.7 Å². The molecule has 106 valence electrons. The van der Waals surface area contributed by atoms with Crippen LogP contribution in [0.15, 0.2) is 24.4 Å². The highest BCUT2D eigenvalue weighted by atomic mass is 16.5. The van der Waals surface area contributed by atoms with E-state index in [2.05, 4.69) is 10.4 Å². The number of hydrogen-bond donors (Lipinski definition) is 3. The predicted octanol–water partition coefficient (Wildman–Crippen LogP) is 0.845.